The fourth-order valence-corrected chi connectivity index (χ4v) is 2.50. The molecule has 0 heterocycles. The average Bonchev–Trinajstić information content (AvgIpc) is 2.47. The Morgan fingerprint density at radius 3 is 2.25 bits per heavy atom. The Morgan fingerprint density at radius 1 is 1.05 bits per heavy atom. The van der Waals surface area contributed by atoms with E-state index < -0.39 is 6.09 Å². The molecule has 0 saturated carbocycles. The zero-order valence-electron chi connectivity index (χ0n) is 10.7. The van der Waals surface area contributed by atoms with Crippen LogP contribution in [-0.2, 0) is 6.42 Å². The number of carbonyl (C=O) groups is 1. The summed E-state index contributed by atoms with van der Waals surface area (Å²) >= 11 is 1.45. The highest BCUT2D eigenvalue weighted by Crippen LogP contribution is 2.21. The summed E-state index contributed by atoms with van der Waals surface area (Å²) in [5, 5.41) is 13.3. The maximum absolute atomic E-state index is 10.6. The standard InChI is InChI=1S/C15H14N2O2S/c18-15(19)17-16-14(11-12-7-3-1-4-8-12)20-13-9-5-2-6-10-13/h1-10,17H,11H2,(H,18,19). The van der Waals surface area contributed by atoms with Gasteiger partial charge in [-0.2, -0.15) is 5.10 Å². The molecule has 0 aliphatic carbocycles. The molecule has 0 fully saturated rings. The van der Waals surface area contributed by atoms with E-state index in [-0.39, 0.29) is 0 Å². The van der Waals surface area contributed by atoms with Crippen molar-refractivity contribution in [2.45, 2.75) is 11.3 Å². The van der Waals surface area contributed by atoms with Crippen LogP contribution in [0.5, 0.6) is 0 Å². The van der Waals surface area contributed by atoms with Crippen LogP contribution in [0.2, 0.25) is 0 Å². The van der Waals surface area contributed by atoms with Gasteiger partial charge >= 0.3 is 6.09 Å². The largest absolute Gasteiger partial charge is 0.464 e. The van der Waals surface area contributed by atoms with Gasteiger partial charge in [-0.15, -0.1) is 0 Å². The predicted octanol–water partition coefficient (Wildman–Crippen LogP) is 3.60. The van der Waals surface area contributed by atoms with Gasteiger partial charge < -0.3 is 5.11 Å². The summed E-state index contributed by atoms with van der Waals surface area (Å²) in [5.41, 5.74) is 3.15. The van der Waals surface area contributed by atoms with Crippen LogP contribution in [0.15, 0.2) is 70.7 Å². The van der Waals surface area contributed by atoms with Crippen molar-refractivity contribution in [2.24, 2.45) is 5.10 Å². The first kappa shape index (κ1) is 14.1. The molecule has 0 spiro atoms. The number of nitrogens with zero attached hydrogens (tertiary/aromatic N) is 1. The minimum atomic E-state index is -1.16. The first-order chi connectivity index (χ1) is 9.74. The zero-order chi connectivity index (χ0) is 14.2. The molecule has 102 valence electrons. The number of nitrogens with one attached hydrogen (secondary N) is 1. The second-order valence-corrected chi connectivity index (χ2v) is 5.15. The topological polar surface area (TPSA) is 61.7 Å². The van der Waals surface area contributed by atoms with Crippen LogP contribution in [0.25, 0.3) is 0 Å². The van der Waals surface area contributed by atoms with Gasteiger partial charge in [0.05, 0.1) is 0 Å². The second-order valence-electron chi connectivity index (χ2n) is 4.00. The summed E-state index contributed by atoms with van der Waals surface area (Å²) in [6.07, 6.45) is -0.579. The Balaban J connectivity index is 2.12. The number of amides is 1. The Kier molecular flexibility index (Phi) is 5.20. The molecule has 0 aliphatic rings. The maximum Gasteiger partial charge on any atom is 0.425 e. The van der Waals surface area contributed by atoms with Gasteiger partial charge in [0.25, 0.3) is 0 Å². The molecule has 1 amide bonds. The van der Waals surface area contributed by atoms with E-state index in [1.54, 1.807) is 0 Å². The number of hydrogen-bond donors (Lipinski definition) is 2. The minimum Gasteiger partial charge on any atom is -0.464 e. The lowest BCUT2D eigenvalue weighted by atomic mass is 10.2. The molecule has 0 aliphatic heterocycles. The fraction of sp³-hybridized carbons (Fsp3) is 0.0667. The molecule has 0 radical (unpaired) electrons. The lowest BCUT2D eigenvalue weighted by molar-refractivity contribution is 0.195. The van der Waals surface area contributed by atoms with Crippen LogP contribution in [0.3, 0.4) is 0 Å². The summed E-state index contributed by atoms with van der Waals surface area (Å²) in [5.74, 6) is 0. The lowest BCUT2D eigenvalue weighted by Crippen LogP contribution is -2.16. The Hall–Kier alpha value is -2.27. The predicted molar refractivity (Wildman–Crippen MR) is 81.0 cm³/mol. The number of benzene rings is 2. The van der Waals surface area contributed by atoms with Crippen LogP contribution in [-0.4, -0.2) is 16.2 Å². The van der Waals surface area contributed by atoms with E-state index in [0.717, 1.165) is 10.5 Å². The summed E-state index contributed by atoms with van der Waals surface area (Å²) in [7, 11) is 0. The Labute approximate surface area is 121 Å². The normalized spacial score (nSPS) is 11.1. The molecule has 2 aromatic carbocycles. The van der Waals surface area contributed by atoms with Crippen LogP contribution in [0.4, 0.5) is 4.79 Å². The third kappa shape index (κ3) is 4.78. The van der Waals surface area contributed by atoms with Crippen molar-refractivity contribution in [3.8, 4) is 0 Å². The van der Waals surface area contributed by atoms with Gasteiger partial charge in [0.15, 0.2) is 0 Å². The van der Waals surface area contributed by atoms with Crippen molar-refractivity contribution in [3.05, 3.63) is 66.2 Å². The molecule has 0 saturated heterocycles. The van der Waals surface area contributed by atoms with Gasteiger partial charge in [0.2, 0.25) is 0 Å². The smallest absolute Gasteiger partial charge is 0.425 e. The third-order valence-electron chi connectivity index (χ3n) is 2.45. The summed E-state index contributed by atoms with van der Waals surface area (Å²) in [4.78, 5) is 11.6. The molecule has 2 N–H and O–H groups in total. The number of thioether (sulfide) groups is 1. The van der Waals surface area contributed by atoms with Gasteiger partial charge in [-0.3, -0.25) is 0 Å². The van der Waals surface area contributed by atoms with Crippen LogP contribution >= 0.6 is 11.8 Å². The highest BCUT2D eigenvalue weighted by molar-refractivity contribution is 8.14. The molecular weight excluding hydrogens is 272 g/mol. The zero-order valence-corrected chi connectivity index (χ0v) is 11.5. The van der Waals surface area contributed by atoms with Crippen molar-refractivity contribution in [1.29, 1.82) is 0 Å². The monoisotopic (exact) mass is 286 g/mol. The quantitative estimate of drug-likeness (QED) is 0.391. The van der Waals surface area contributed by atoms with Gasteiger partial charge in [-0.05, 0) is 17.7 Å². The van der Waals surface area contributed by atoms with E-state index in [2.05, 4.69) is 10.5 Å². The first-order valence-electron chi connectivity index (χ1n) is 6.06. The Bertz CT molecular complexity index is 542. The number of hydrogen-bond acceptors (Lipinski definition) is 3. The molecule has 4 nitrogen and oxygen atoms in total. The molecule has 0 aromatic heterocycles. The minimum absolute atomic E-state index is 0.584. The van der Waals surface area contributed by atoms with Gasteiger partial charge in [0.1, 0.15) is 5.04 Å². The molecule has 5 heteroatoms. The summed E-state index contributed by atoms with van der Waals surface area (Å²) < 4.78 is 0. The van der Waals surface area contributed by atoms with Gasteiger partial charge in [-0.25, -0.2) is 10.2 Å². The van der Waals surface area contributed by atoms with E-state index in [1.165, 1.54) is 11.8 Å². The first-order valence-corrected chi connectivity index (χ1v) is 6.88. The SMILES string of the molecule is O=C(O)NN=C(Cc1ccccc1)Sc1ccccc1. The fourth-order valence-electron chi connectivity index (χ4n) is 1.60. The van der Waals surface area contributed by atoms with Crippen molar-refractivity contribution >= 4 is 22.9 Å². The third-order valence-corrected chi connectivity index (χ3v) is 3.43. The maximum atomic E-state index is 10.6. The number of carboxylic acid groups (broad SMARTS) is 1. The van der Waals surface area contributed by atoms with Gasteiger partial charge in [-0.1, -0.05) is 60.3 Å². The van der Waals surface area contributed by atoms with E-state index in [1.807, 2.05) is 60.7 Å². The van der Waals surface area contributed by atoms with Crippen LogP contribution < -0.4 is 5.43 Å². The average molecular weight is 286 g/mol. The molecular formula is C15H14N2O2S. The molecule has 2 aromatic rings. The van der Waals surface area contributed by atoms with E-state index in [4.69, 9.17) is 5.11 Å². The van der Waals surface area contributed by atoms with Gasteiger partial charge in [0, 0.05) is 11.3 Å². The van der Waals surface area contributed by atoms with Crippen molar-refractivity contribution < 1.29 is 9.90 Å². The number of rotatable bonds is 4. The van der Waals surface area contributed by atoms with Crippen molar-refractivity contribution in [3.63, 3.8) is 0 Å². The molecule has 0 atom stereocenters. The van der Waals surface area contributed by atoms with Crippen molar-refractivity contribution in [1.82, 2.24) is 5.43 Å². The van der Waals surface area contributed by atoms with E-state index in [9.17, 15) is 4.79 Å². The van der Waals surface area contributed by atoms with Crippen molar-refractivity contribution in [2.75, 3.05) is 0 Å². The molecule has 20 heavy (non-hydrogen) atoms. The lowest BCUT2D eigenvalue weighted by Gasteiger charge is -2.06. The highest BCUT2D eigenvalue weighted by Gasteiger charge is 2.05. The Morgan fingerprint density at radius 2 is 1.65 bits per heavy atom. The van der Waals surface area contributed by atoms with Crippen LogP contribution in [0, 0.1) is 0 Å². The number of hydrazone groups is 1. The van der Waals surface area contributed by atoms with E-state index in [0.29, 0.717) is 11.5 Å². The second kappa shape index (κ2) is 7.35. The molecule has 2 rings (SSSR count). The van der Waals surface area contributed by atoms with Crippen LogP contribution in [0.1, 0.15) is 5.56 Å². The molecule has 0 bridgehead atoms. The summed E-state index contributed by atoms with van der Waals surface area (Å²) in [6, 6.07) is 19.6. The highest BCUT2D eigenvalue weighted by atomic mass is 32.2. The summed E-state index contributed by atoms with van der Waals surface area (Å²) in [6.45, 7) is 0. The van der Waals surface area contributed by atoms with E-state index >= 15 is 0 Å². The molecule has 0 unspecified atom stereocenters.